The Balaban J connectivity index is 2.88. The van der Waals surface area contributed by atoms with Crippen molar-refractivity contribution in [1.82, 2.24) is 0 Å². The van der Waals surface area contributed by atoms with Crippen LogP contribution in [0.15, 0.2) is 22.7 Å². The van der Waals surface area contributed by atoms with E-state index in [-0.39, 0.29) is 0 Å². The van der Waals surface area contributed by atoms with Crippen LogP contribution in [0.2, 0.25) is 0 Å². The largest absolute Gasteiger partial charge is 0.494 e. The van der Waals surface area contributed by atoms with Crippen molar-refractivity contribution in [3.05, 3.63) is 28.2 Å². The summed E-state index contributed by atoms with van der Waals surface area (Å²) in [5.41, 5.74) is 1.63. The van der Waals surface area contributed by atoms with Gasteiger partial charge in [0.2, 0.25) is 0 Å². The van der Waals surface area contributed by atoms with Gasteiger partial charge in [0.25, 0.3) is 0 Å². The number of hydrogen-bond donors (Lipinski definition) is 0. The van der Waals surface area contributed by atoms with Crippen LogP contribution in [-0.2, 0) is 6.42 Å². The first kappa shape index (κ1) is 12.6. The van der Waals surface area contributed by atoms with Crippen molar-refractivity contribution >= 4 is 15.9 Å². The zero-order valence-corrected chi connectivity index (χ0v) is 11.5. The standard InChI is InChI=1S/C13H19BrO/c1-5-15-12-7-10(6-11(14)8-12)9-13(2,3)4/h6-8H,5,9H2,1-4H3. The van der Waals surface area contributed by atoms with E-state index in [2.05, 4.69) is 48.8 Å². The van der Waals surface area contributed by atoms with E-state index < -0.39 is 0 Å². The Morgan fingerprint density at radius 1 is 1.20 bits per heavy atom. The SMILES string of the molecule is CCOc1cc(Br)cc(CC(C)(C)C)c1. The fourth-order valence-corrected chi connectivity index (χ4v) is 2.10. The molecule has 0 fully saturated rings. The van der Waals surface area contributed by atoms with Gasteiger partial charge < -0.3 is 4.74 Å². The first-order chi connectivity index (χ1) is 6.90. The third kappa shape index (κ3) is 4.70. The third-order valence-corrected chi connectivity index (χ3v) is 2.43. The molecule has 0 saturated carbocycles. The van der Waals surface area contributed by atoms with Crippen molar-refractivity contribution < 1.29 is 4.74 Å². The molecule has 1 rings (SSSR count). The summed E-state index contributed by atoms with van der Waals surface area (Å²) in [5.74, 6) is 0.950. The maximum absolute atomic E-state index is 5.51. The Morgan fingerprint density at radius 3 is 2.40 bits per heavy atom. The molecule has 0 amide bonds. The lowest BCUT2D eigenvalue weighted by molar-refractivity contribution is 0.338. The summed E-state index contributed by atoms with van der Waals surface area (Å²) in [6.07, 6.45) is 1.06. The second-order valence-corrected chi connectivity index (χ2v) is 5.88. The van der Waals surface area contributed by atoms with Gasteiger partial charge in [0.1, 0.15) is 5.75 Å². The van der Waals surface area contributed by atoms with Crippen LogP contribution in [-0.4, -0.2) is 6.61 Å². The quantitative estimate of drug-likeness (QED) is 0.789. The second kappa shape index (κ2) is 5.02. The van der Waals surface area contributed by atoms with Gasteiger partial charge in [-0.05, 0) is 42.5 Å². The molecule has 1 nitrogen and oxygen atoms in total. The highest BCUT2D eigenvalue weighted by molar-refractivity contribution is 9.10. The third-order valence-electron chi connectivity index (χ3n) is 1.98. The first-order valence-corrected chi connectivity index (χ1v) is 6.12. The van der Waals surface area contributed by atoms with Crippen molar-refractivity contribution in [1.29, 1.82) is 0 Å². The molecule has 0 aromatic heterocycles. The van der Waals surface area contributed by atoms with Crippen molar-refractivity contribution in [3.8, 4) is 5.75 Å². The van der Waals surface area contributed by atoms with Gasteiger partial charge >= 0.3 is 0 Å². The van der Waals surface area contributed by atoms with Crippen LogP contribution in [0.25, 0.3) is 0 Å². The minimum absolute atomic E-state index is 0.310. The maximum Gasteiger partial charge on any atom is 0.120 e. The molecule has 0 bridgehead atoms. The van der Waals surface area contributed by atoms with E-state index in [0.717, 1.165) is 16.6 Å². The van der Waals surface area contributed by atoms with Gasteiger partial charge in [0.15, 0.2) is 0 Å². The topological polar surface area (TPSA) is 9.23 Å². The molecular formula is C13H19BrO. The molecule has 0 saturated heterocycles. The van der Waals surface area contributed by atoms with E-state index in [1.807, 2.05) is 13.0 Å². The predicted molar refractivity (Wildman–Crippen MR) is 68.5 cm³/mol. The number of hydrogen-bond acceptors (Lipinski definition) is 1. The van der Waals surface area contributed by atoms with Crippen LogP contribution < -0.4 is 4.74 Å². The van der Waals surface area contributed by atoms with Gasteiger partial charge in [-0.1, -0.05) is 36.7 Å². The number of halogens is 1. The average molecular weight is 271 g/mol. The Bertz CT molecular complexity index is 326. The molecule has 0 spiro atoms. The smallest absolute Gasteiger partial charge is 0.120 e. The van der Waals surface area contributed by atoms with E-state index in [1.165, 1.54) is 5.56 Å². The summed E-state index contributed by atoms with van der Waals surface area (Å²) < 4.78 is 6.60. The predicted octanol–water partition coefficient (Wildman–Crippen LogP) is 4.44. The van der Waals surface area contributed by atoms with Crippen LogP contribution in [0, 0.1) is 5.41 Å². The van der Waals surface area contributed by atoms with Crippen molar-refractivity contribution in [2.45, 2.75) is 34.1 Å². The van der Waals surface area contributed by atoms with Crippen LogP contribution >= 0.6 is 15.9 Å². The molecule has 0 atom stereocenters. The highest BCUT2D eigenvalue weighted by Gasteiger charge is 2.12. The summed E-state index contributed by atoms with van der Waals surface area (Å²) in [7, 11) is 0. The van der Waals surface area contributed by atoms with E-state index >= 15 is 0 Å². The van der Waals surface area contributed by atoms with Gasteiger partial charge in [0, 0.05) is 4.47 Å². The van der Waals surface area contributed by atoms with Crippen molar-refractivity contribution in [2.75, 3.05) is 6.61 Å². The Labute approximate surface area is 101 Å². The lowest BCUT2D eigenvalue weighted by atomic mass is 9.88. The molecular weight excluding hydrogens is 252 g/mol. The molecule has 1 aromatic carbocycles. The fraction of sp³-hybridized carbons (Fsp3) is 0.538. The van der Waals surface area contributed by atoms with E-state index in [9.17, 15) is 0 Å². The number of ether oxygens (including phenoxy) is 1. The number of rotatable bonds is 3. The average Bonchev–Trinajstić information content (AvgIpc) is 1.99. The normalized spacial score (nSPS) is 11.5. The van der Waals surface area contributed by atoms with Gasteiger partial charge in [-0.3, -0.25) is 0 Å². The molecule has 0 aliphatic heterocycles. The van der Waals surface area contributed by atoms with Gasteiger partial charge in [-0.25, -0.2) is 0 Å². The van der Waals surface area contributed by atoms with E-state index in [4.69, 9.17) is 4.74 Å². The maximum atomic E-state index is 5.51. The zero-order chi connectivity index (χ0) is 11.5. The first-order valence-electron chi connectivity index (χ1n) is 5.33. The highest BCUT2D eigenvalue weighted by Crippen LogP contribution is 2.27. The van der Waals surface area contributed by atoms with Gasteiger partial charge in [0.05, 0.1) is 6.61 Å². The second-order valence-electron chi connectivity index (χ2n) is 4.97. The lowest BCUT2D eigenvalue weighted by Crippen LogP contribution is -2.09. The van der Waals surface area contributed by atoms with Gasteiger partial charge in [-0.2, -0.15) is 0 Å². The van der Waals surface area contributed by atoms with Crippen molar-refractivity contribution in [2.24, 2.45) is 5.41 Å². The van der Waals surface area contributed by atoms with E-state index in [0.29, 0.717) is 12.0 Å². The molecule has 0 radical (unpaired) electrons. The molecule has 0 unspecified atom stereocenters. The molecule has 0 aliphatic carbocycles. The minimum atomic E-state index is 0.310. The van der Waals surface area contributed by atoms with Gasteiger partial charge in [-0.15, -0.1) is 0 Å². The summed E-state index contributed by atoms with van der Waals surface area (Å²) in [5, 5.41) is 0. The molecule has 0 aliphatic rings. The summed E-state index contributed by atoms with van der Waals surface area (Å²) in [6, 6.07) is 6.29. The molecule has 2 heteroatoms. The number of benzene rings is 1. The molecule has 0 heterocycles. The minimum Gasteiger partial charge on any atom is -0.494 e. The highest BCUT2D eigenvalue weighted by atomic mass is 79.9. The Hall–Kier alpha value is -0.500. The lowest BCUT2D eigenvalue weighted by Gasteiger charge is -2.18. The molecule has 84 valence electrons. The van der Waals surface area contributed by atoms with Crippen LogP contribution in [0.4, 0.5) is 0 Å². The molecule has 0 N–H and O–H groups in total. The monoisotopic (exact) mass is 270 g/mol. The summed E-state index contributed by atoms with van der Waals surface area (Å²) in [6.45, 7) is 9.45. The van der Waals surface area contributed by atoms with Crippen molar-refractivity contribution in [3.63, 3.8) is 0 Å². The summed E-state index contributed by atoms with van der Waals surface area (Å²) in [4.78, 5) is 0. The Morgan fingerprint density at radius 2 is 1.87 bits per heavy atom. The van der Waals surface area contributed by atoms with Crippen LogP contribution in [0.3, 0.4) is 0 Å². The Kier molecular flexibility index (Phi) is 4.21. The molecule has 15 heavy (non-hydrogen) atoms. The van der Waals surface area contributed by atoms with Crippen LogP contribution in [0.1, 0.15) is 33.3 Å². The van der Waals surface area contributed by atoms with E-state index in [1.54, 1.807) is 0 Å². The zero-order valence-electron chi connectivity index (χ0n) is 9.93. The van der Waals surface area contributed by atoms with Crippen LogP contribution in [0.5, 0.6) is 5.75 Å². The molecule has 1 aromatic rings. The summed E-state index contributed by atoms with van der Waals surface area (Å²) >= 11 is 3.51. The fourth-order valence-electron chi connectivity index (χ4n) is 1.59.